The summed E-state index contributed by atoms with van der Waals surface area (Å²) < 4.78 is 6.89. The predicted molar refractivity (Wildman–Crippen MR) is 74.5 cm³/mol. The number of ether oxygens (including phenoxy) is 1. The van der Waals surface area contributed by atoms with Crippen molar-refractivity contribution in [3.05, 3.63) is 28.4 Å². The summed E-state index contributed by atoms with van der Waals surface area (Å²) in [7, 11) is 0. The van der Waals surface area contributed by atoms with Crippen LogP contribution in [-0.2, 0) is 6.42 Å². The number of fused-ring (bicyclic) bond motifs is 1. The number of hydrogen-bond donors (Lipinski definition) is 2. The van der Waals surface area contributed by atoms with Crippen molar-refractivity contribution < 1.29 is 4.74 Å². The summed E-state index contributed by atoms with van der Waals surface area (Å²) in [6.07, 6.45) is 2.64. The highest BCUT2D eigenvalue weighted by Gasteiger charge is 2.32. The van der Waals surface area contributed by atoms with E-state index in [-0.39, 0.29) is 5.60 Å². The summed E-state index contributed by atoms with van der Waals surface area (Å²) in [6.45, 7) is 4.18. The number of benzene rings is 1. The van der Waals surface area contributed by atoms with Crippen molar-refractivity contribution in [3.63, 3.8) is 0 Å². The van der Waals surface area contributed by atoms with E-state index in [2.05, 4.69) is 46.0 Å². The lowest BCUT2D eigenvalue weighted by Crippen LogP contribution is -2.24. The molecule has 0 radical (unpaired) electrons. The second-order valence-electron chi connectivity index (χ2n) is 5.18. The van der Waals surface area contributed by atoms with Crippen molar-refractivity contribution in [3.8, 4) is 16.9 Å². The predicted octanol–water partition coefficient (Wildman–Crippen LogP) is 3.13. The van der Waals surface area contributed by atoms with Crippen LogP contribution in [0.2, 0.25) is 0 Å². The Kier molecular flexibility index (Phi) is 2.41. The third-order valence-electron chi connectivity index (χ3n) is 3.09. The first kappa shape index (κ1) is 11.6. The number of anilines is 1. The summed E-state index contributed by atoms with van der Waals surface area (Å²) >= 11 is 3.56. The zero-order valence-electron chi connectivity index (χ0n) is 10.2. The molecule has 5 heteroatoms. The lowest BCUT2D eigenvalue weighted by Gasteiger charge is -2.17. The summed E-state index contributed by atoms with van der Waals surface area (Å²) in [6, 6.07) is 4.14. The van der Waals surface area contributed by atoms with Crippen LogP contribution in [0.15, 0.2) is 22.8 Å². The highest BCUT2D eigenvalue weighted by Crippen LogP contribution is 2.43. The molecule has 0 fully saturated rings. The summed E-state index contributed by atoms with van der Waals surface area (Å²) in [5.74, 6) is 1.52. The van der Waals surface area contributed by atoms with Gasteiger partial charge in [-0.3, -0.25) is 5.10 Å². The van der Waals surface area contributed by atoms with Crippen LogP contribution in [0.25, 0.3) is 11.1 Å². The van der Waals surface area contributed by atoms with E-state index in [1.54, 1.807) is 6.20 Å². The molecule has 0 atom stereocenters. The quantitative estimate of drug-likeness (QED) is 0.850. The average molecular weight is 308 g/mol. The minimum Gasteiger partial charge on any atom is -0.486 e. The summed E-state index contributed by atoms with van der Waals surface area (Å²) in [5.41, 5.74) is 8.88. The second-order valence-corrected chi connectivity index (χ2v) is 6.04. The molecule has 94 valence electrons. The molecule has 0 amide bonds. The van der Waals surface area contributed by atoms with Gasteiger partial charge >= 0.3 is 0 Å². The van der Waals surface area contributed by atoms with E-state index in [0.717, 1.165) is 27.8 Å². The Hall–Kier alpha value is -1.49. The number of nitrogens with one attached hydrogen (secondary N) is 1. The lowest BCUT2D eigenvalue weighted by atomic mass is 9.98. The van der Waals surface area contributed by atoms with Gasteiger partial charge in [-0.2, -0.15) is 5.10 Å². The Labute approximate surface area is 114 Å². The Balaban J connectivity index is 2.12. The van der Waals surface area contributed by atoms with Crippen LogP contribution in [-0.4, -0.2) is 15.8 Å². The number of aromatic amines is 1. The van der Waals surface area contributed by atoms with Crippen molar-refractivity contribution in [2.45, 2.75) is 25.9 Å². The molecule has 3 N–H and O–H groups in total. The lowest BCUT2D eigenvalue weighted by molar-refractivity contribution is 0.137. The van der Waals surface area contributed by atoms with Crippen molar-refractivity contribution in [2.75, 3.05) is 5.73 Å². The monoisotopic (exact) mass is 307 g/mol. The molecule has 0 saturated carbocycles. The van der Waals surface area contributed by atoms with Crippen LogP contribution in [0.1, 0.15) is 19.4 Å². The van der Waals surface area contributed by atoms with Gasteiger partial charge < -0.3 is 10.5 Å². The highest BCUT2D eigenvalue weighted by molar-refractivity contribution is 9.10. The van der Waals surface area contributed by atoms with E-state index in [1.807, 2.05) is 6.07 Å². The van der Waals surface area contributed by atoms with Crippen molar-refractivity contribution in [2.24, 2.45) is 0 Å². The smallest absolute Gasteiger partial charge is 0.137 e. The van der Waals surface area contributed by atoms with E-state index in [9.17, 15) is 0 Å². The molecule has 2 aromatic rings. The highest BCUT2D eigenvalue weighted by atomic mass is 79.9. The fourth-order valence-corrected chi connectivity index (χ4v) is 2.93. The third-order valence-corrected chi connectivity index (χ3v) is 3.68. The number of aromatic nitrogens is 2. The van der Waals surface area contributed by atoms with Crippen LogP contribution in [0.5, 0.6) is 5.75 Å². The maximum atomic E-state index is 5.93. The Morgan fingerprint density at radius 2 is 2.22 bits per heavy atom. The van der Waals surface area contributed by atoms with Crippen LogP contribution < -0.4 is 10.5 Å². The van der Waals surface area contributed by atoms with Gasteiger partial charge in [-0.1, -0.05) is 0 Å². The van der Waals surface area contributed by atoms with E-state index in [0.29, 0.717) is 5.82 Å². The first-order valence-corrected chi connectivity index (χ1v) is 6.56. The van der Waals surface area contributed by atoms with Gasteiger partial charge in [0.2, 0.25) is 0 Å². The van der Waals surface area contributed by atoms with Crippen molar-refractivity contribution in [1.82, 2.24) is 10.2 Å². The Bertz CT molecular complexity index is 619. The maximum Gasteiger partial charge on any atom is 0.137 e. The van der Waals surface area contributed by atoms with Crippen LogP contribution in [0.3, 0.4) is 0 Å². The summed E-state index contributed by atoms with van der Waals surface area (Å²) in [5, 5.41) is 6.71. The number of rotatable bonds is 1. The van der Waals surface area contributed by atoms with Gasteiger partial charge in [-0.05, 0) is 53.0 Å². The second kappa shape index (κ2) is 3.75. The number of nitrogens with two attached hydrogens (primary N) is 1. The van der Waals surface area contributed by atoms with E-state index < -0.39 is 0 Å². The van der Waals surface area contributed by atoms with E-state index in [4.69, 9.17) is 10.5 Å². The number of H-pyrrole nitrogens is 1. The number of halogens is 1. The minimum absolute atomic E-state index is 0.147. The van der Waals surface area contributed by atoms with Gasteiger partial charge in [0, 0.05) is 12.0 Å². The van der Waals surface area contributed by atoms with Gasteiger partial charge in [0.1, 0.15) is 17.2 Å². The van der Waals surface area contributed by atoms with E-state index >= 15 is 0 Å². The molecule has 0 spiro atoms. The summed E-state index contributed by atoms with van der Waals surface area (Å²) in [4.78, 5) is 0. The molecular formula is C13H14BrN3O. The number of nitrogens with zero attached hydrogens (tertiary/aromatic N) is 1. The van der Waals surface area contributed by atoms with Gasteiger partial charge in [0.05, 0.1) is 10.7 Å². The van der Waals surface area contributed by atoms with Crippen LogP contribution in [0, 0.1) is 0 Å². The molecule has 2 heterocycles. The Morgan fingerprint density at radius 1 is 1.44 bits per heavy atom. The maximum absolute atomic E-state index is 5.93. The molecule has 18 heavy (non-hydrogen) atoms. The fraction of sp³-hybridized carbons (Fsp3) is 0.308. The molecular weight excluding hydrogens is 294 g/mol. The van der Waals surface area contributed by atoms with Gasteiger partial charge in [-0.15, -0.1) is 0 Å². The molecule has 1 aliphatic rings. The first-order chi connectivity index (χ1) is 8.46. The van der Waals surface area contributed by atoms with E-state index in [1.165, 1.54) is 5.56 Å². The number of nitrogen functional groups attached to an aromatic ring is 1. The molecule has 4 nitrogen and oxygen atoms in total. The normalized spacial score (nSPS) is 16.4. The van der Waals surface area contributed by atoms with Crippen molar-refractivity contribution >= 4 is 21.7 Å². The topological polar surface area (TPSA) is 63.9 Å². The fourth-order valence-electron chi connectivity index (χ4n) is 2.35. The molecule has 1 aliphatic heterocycles. The molecule has 1 aromatic carbocycles. The van der Waals surface area contributed by atoms with Crippen LogP contribution >= 0.6 is 15.9 Å². The zero-order valence-corrected chi connectivity index (χ0v) is 11.8. The van der Waals surface area contributed by atoms with Crippen LogP contribution in [0.4, 0.5) is 5.82 Å². The van der Waals surface area contributed by atoms with Crippen molar-refractivity contribution in [1.29, 1.82) is 0 Å². The largest absolute Gasteiger partial charge is 0.486 e. The SMILES string of the molecule is CC1(C)Cc2cc(-c3cn[nH]c3N)cc(Br)c2O1. The molecule has 0 aliphatic carbocycles. The molecule has 0 unspecified atom stereocenters. The first-order valence-electron chi connectivity index (χ1n) is 5.77. The third kappa shape index (κ3) is 1.79. The van der Waals surface area contributed by atoms with Gasteiger partial charge in [-0.25, -0.2) is 0 Å². The standard InChI is InChI=1S/C13H14BrN3O/c1-13(2)5-8-3-7(4-10(14)11(8)18-13)9-6-16-17-12(9)15/h3-4,6H,5H2,1-2H3,(H3,15,16,17). The molecule has 1 aromatic heterocycles. The van der Waals surface area contributed by atoms with Gasteiger partial charge in [0.15, 0.2) is 0 Å². The van der Waals surface area contributed by atoms with Gasteiger partial charge in [0.25, 0.3) is 0 Å². The molecule has 3 rings (SSSR count). The Morgan fingerprint density at radius 3 is 2.89 bits per heavy atom. The molecule has 0 bridgehead atoms. The zero-order chi connectivity index (χ0) is 12.9. The minimum atomic E-state index is -0.147. The average Bonchev–Trinajstić information content (AvgIpc) is 2.80. The molecule has 0 saturated heterocycles. The number of hydrogen-bond acceptors (Lipinski definition) is 3.